The Balaban J connectivity index is 1.23. The zero-order valence-corrected chi connectivity index (χ0v) is 18.3. The molecule has 1 amide bonds. The summed E-state index contributed by atoms with van der Waals surface area (Å²) in [6.07, 6.45) is 7.61. The highest BCUT2D eigenvalue weighted by Gasteiger charge is 2.24. The number of nitrogens with zero attached hydrogens (tertiary/aromatic N) is 3. The lowest BCUT2D eigenvalue weighted by Gasteiger charge is -2.32. The summed E-state index contributed by atoms with van der Waals surface area (Å²) in [5.74, 6) is 3.76. The van der Waals surface area contributed by atoms with Gasteiger partial charge in [0.25, 0.3) is 0 Å². The van der Waals surface area contributed by atoms with Crippen molar-refractivity contribution < 1.29 is 14.3 Å². The van der Waals surface area contributed by atoms with E-state index in [1.807, 2.05) is 18.2 Å². The highest BCUT2D eigenvalue weighted by molar-refractivity contribution is 5.92. The van der Waals surface area contributed by atoms with Crippen LogP contribution in [0.3, 0.4) is 0 Å². The maximum atomic E-state index is 12.5. The van der Waals surface area contributed by atoms with E-state index in [9.17, 15) is 4.79 Å². The highest BCUT2D eigenvalue weighted by Crippen LogP contribution is 2.30. The van der Waals surface area contributed by atoms with Gasteiger partial charge < -0.3 is 25.0 Å². The van der Waals surface area contributed by atoms with Gasteiger partial charge in [0.1, 0.15) is 29.5 Å². The van der Waals surface area contributed by atoms with Crippen molar-refractivity contribution in [1.82, 2.24) is 9.97 Å². The smallest absolute Gasteiger partial charge is 0.224 e. The third kappa shape index (κ3) is 5.77. The van der Waals surface area contributed by atoms with Crippen LogP contribution in [0.2, 0.25) is 0 Å². The maximum Gasteiger partial charge on any atom is 0.224 e. The number of ether oxygens (including phenoxy) is 2. The number of hydrogen-bond acceptors (Lipinski definition) is 7. The first-order valence-electron chi connectivity index (χ1n) is 11.0. The Labute approximate surface area is 183 Å². The molecule has 1 aromatic heterocycles. The van der Waals surface area contributed by atoms with Crippen LogP contribution >= 0.6 is 0 Å². The molecule has 166 valence electrons. The number of piperidine rings is 1. The molecule has 0 radical (unpaired) electrons. The van der Waals surface area contributed by atoms with Gasteiger partial charge in [-0.05, 0) is 50.2 Å². The number of methoxy groups -OCH3 is 2. The van der Waals surface area contributed by atoms with Crippen LogP contribution in [-0.2, 0) is 4.79 Å². The summed E-state index contributed by atoms with van der Waals surface area (Å²) < 4.78 is 10.6. The zero-order valence-electron chi connectivity index (χ0n) is 18.3. The van der Waals surface area contributed by atoms with Gasteiger partial charge in [-0.2, -0.15) is 0 Å². The second-order valence-electron chi connectivity index (χ2n) is 8.26. The van der Waals surface area contributed by atoms with E-state index in [0.717, 1.165) is 44.0 Å². The minimum Gasteiger partial charge on any atom is -0.497 e. The van der Waals surface area contributed by atoms with E-state index in [2.05, 4.69) is 25.5 Å². The van der Waals surface area contributed by atoms with E-state index in [4.69, 9.17) is 9.47 Å². The molecule has 1 aromatic carbocycles. The second-order valence-corrected chi connectivity index (χ2v) is 8.26. The Morgan fingerprint density at radius 3 is 2.61 bits per heavy atom. The molecule has 8 heteroatoms. The van der Waals surface area contributed by atoms with Crippen molar-refractivity contribution in [1.29, 1.82) is 0 Å². The summed E-state index contributed by atoms with van der Waals surface area (Å²) in [6.45, 7) is 1.91. The maximum absolute atomic E-state index is 12.5. The largest absolute Gasteiger partial charge is 0.497 e. The molecule has 2 N–H and O–H groups in total. The van der Waals surface area contributed by atoms with Crippen molar-refractivity contribution in [3.8, 4) is 11.5 Å². The number of amides is 1. The van der Waals surface area contributed by atoms with Gasteiger partial charge in [-0.1, -0.05) is 0 Å². The first-order chi connectivity index (χ1) is 15.1. The van der Waals surface area contributed by atoms with Crippen molar-refractivity contribution >= 4 is 23.2 Å². The first-order valence-corrected chi connectivity index (χ1v) is 11.0. The van der Waals surface area contributed by atoms with Crippen LogP contribution in [-0.4, -0.2) is 49.2 Å². The number of nitrogens with one attached hydrogen (secondary N) is 2. The van der Waals surface area contributed by atoms with Gasteiger partial charge in [-0.25, -0.2) is 9.97 Å². The van der Waals surface area contributed by atoms with Crippen molar-refractivity contribution in [2.45, 2.75) is 44.6 Å². The minimum atomic E-state index is 0.0116. The van der Waals surface area contributed by atoms with Crippen LogP contribution in [0.4, 0.5) is 17.3 Å². The SMILES string of the molecule is COc1ccc(NC(=O)CCC2CCN(c3cc(NC4CC4)ncn3)CC2)c(OC)c1. The lowest BCUT2D eigenvalue weighted by Crippen LogP contribution is -2.34. The lowest BCUT2D eigenvalue weighted by atomic mass is 9.92. The molecule has 1 saturated carbocycles. The van der Waals surface area contributed by atoms with Crippen molar-refractivity contribution in [2.24, 2.45) is 5.92 Å². The molecule has 1 aliphatic heterocycles. The molecule has 8 nitrogen and oxygen atoms in total. The summed E-state index contributed by atoms with van der Waals surface area (Å²) in [6, 6.07) is 8.02. The van der Waals surface area contributed by atoms with E-state index in [1.165, 1.54) is 12.8 Å². The first kappa shape index (κ1) is 21.2. The Kier molecular flexibility index (Phi) is 6.74. The van der Waals surface area contributed by atoms with Crippen molar-refractivity contribution in [2.75, 3.05) is 42.8 Å². The highest BCUT2D eigenvalue weighted by atomic mass is 16.5. The number of hydrogen-bond donors (Lipinski definition) is 2. The predicted molar refractivity (Wildman–Crippen MR) is 121 cm³/mol. The molecule has 2 aromatic rings. The van der Waals surface area contributed by atoms with Crippen LogP contribution in [0.5, 0.6) is 11.5 Å². The molecule has 1 aliphatic carbocycles. The minimum absolute atomic E-state index is 0.0116. The number of carbonyl (C=O) groups is 1. The second kappa shape index (κ2) is 9.85. The molecule has 0 bridgehead atoms. The van der Waals surface area contributed by atoms with E-state index < -0.39 is 0 Å². The molecule has 31 heavy (non-hydrogen) atoms. The van der Waals surface area contributed by atoms with Gasteiger partial charge in [-0.15, -0.1) is 0 Å². The van der Waals surface area contributed by atoms with Crippen LogP contribution in [0, 0.1) is 5.92 Å². The molecule has 0 unspecified atom stereocenters. The van der Waals surface area contributed by atoms with E-state index in [1.54, 1.807) is 26.6 Å². The zero-order chi connectivity index (χ0) is 21.6. The van der Waals surface area contributed by atoms with E-state index >= 15 is 0 Å². The average Bonchev–Trinajstić information content (AvgIpc) is 3.62. The molecular weight excluding hydrogens is 394 g/mol. The monoisotopic (exact) mass is 425 g/mol. The Hall–Kier alpha value is -3.03. The van der Waals surface area contributed by atoms with Crippen LogP contribution in [0.25, 0.3) is 0 Å². The fraction of sp³-hybridized carbons (Fsp3) is 0.522. The lowest BCUT2D eigenvalue weighted by molar-refractivity contribution is -0.116. The van der Waals surface area contributed by atoms with E-state index in [0.29, 0.717) is 35.6 Å². The topological polar surface area (TPSA) is 88.6 Å². The molecule has 2 heterocycles. The van der Waals surface area contributed by atoms with Crippen LogP contribution < -0.4 is 25.0 Å². The van der Waals surface area contributed by atoms with E-state index in [-0.39, 0.29) is 5.91 Å². The number of aromatic nitrogens is 2. The third-order valence-electron chi connectivity index (χ3n) is 5.98. The van der Waals surface area contributed by atoms with Gasteiger partial charge in [-0.3, -0.25) is 4.79 Å². The molecule has 1 saturated heterocycles. The molecule has 0 atom stereocenters. The molecule has 0 spiro atoms. The van der Waals surface area contributed by atoms with Gasteiger partial charge in [0.15, 0.2) is 0 Å². The van der Waals surface area contributed by atoms with Gasteiger partial charge >= 0.3 is 0 Å². The van der Waals surface area contributed by atoms with Gasteiger partial charge in [0.05, 0.1) is 19.9 Å². The third-order valence-corrected chi connectivity index (χ3v) is 5.98. The fourth-order valence-electron chi connectivity index (χ4n) is 3.94. The summed E-state index contributed by atoms with van der Waals surface area (Å²) in [4.78, 5) is 23.6. The van der Waals surface area contributed by atoms with Gasteiger partial charge in [0.2, 0.25) is 5.91 Å². The summed E-state index contributed by atoms with van der Waals surface area (Å²) in [5, 5.41) is 6.39. The Bertz CT molecular complexity index is 895. The molecule has 2 fully saturated rings. The number of carbonyl (C=O) groups excluding carboxylic acids is 1. The van der Waals surface area contributed by atoms with Crippen LogP contribution in [0.15, 0.2) is 30.6 Å². The Morgan fingerprint density at radius 1 is 1.10 bits per heavy atom. The van der Waals surface area contributed by atoms with Crippen molar-refractivity contribution in [3.63, 3.8) is 0 Å². The van der Waals surface area contributed by atoms with Crippen LogP contribution in [0.1, 0.15) is 38.5 Å². The van der Waals surface area contributed by atoms with Gasteiger partial charge in [0, 0.05) is 37.7 Å². The molecular formula is C23H31N5O3. The van der Waals surface area contributed by atoms with Crippen molar-refractivity contribution in [3.05, 3.63) is 30.6 Å². The summed E-state index contributed by atoms with van der Waals surface area (Å²) in [5.41, 5.74) is 0.669. The molecule has 2 aliphatic rings. The standard InChI is InChI=1S/C23H31N5O3/c1-30-18-6-7-19(20(13-18)31-2)27-23(29)8-3-16-9-11-28(12-10-16)22-14-21(24-15-25-22)26-17-4-5-17/h6-7,13-17H,3-5,8-12H2,1-2H3,(H,27,29)(H,24,25,26). The quantitative estimate of drug-likeness (QED) is 0.633. The Morgan fingerprint density at radius 2 is 1.90 bits per heavy atom. The average molecular weight is 426 g/mol. The number of anilines is 3. The normalized spacial score (nSPS) is 16.6. The summed E-state index contributed by atoms with van der Waals surface area (Å²) in [7, 11) is 3.19. The molecule has 4 rings (SSSR count). The predicted octanol–water partition coefficient (Wildman–Crippen LogP) is 3.70. The number of benzene rings is 1. The number of rotatable bonds is 9. The summed E-state index contributed by atoms with van der Waals surface area (Å²) >= 11 is 0. The fourth-order valence-corrected chi connectivity index (χ4v) is 3.94.